The second-order valence-electron chi connectivity index (χ2n) is 13.0. The van der Waals surface area contributed by atoms with Crippen LogP contribution in [0.5, 0.6) is 0 Å². The minimum Gasteiger partial charge on any atom is -0.481 e. The van der Waals surface area contributed by atoms with E-state index in [1.165, 1.54) is 24.1 Å². The number of fused-ring (bicyclic) bond motifs is 1. The summed E-state index contributed by atoms with van der Waals surface area (Å²) in [6.45, 7) is 3.97. The molecule has 5 amide bonds. The molecule has 1 aliphatic rings. The van der Waals surface area contributed by atoms with E-state index in [4.69, 9.17) is 5.41 Å². The number of nitrogens with zero attached hydrogens (tertiary/aromatic N) is 1. The second-order valence-corrected chi connectivity index (χ2v) is 13.0. The maximum absolute atomic E-state index is 14.3. The van der Waals surface area contributed by atoms with Crippen LogP contribution in [0.1, 0.15) is 55.1 Å². The van der Waals surface area contributed by atoms with Gasteiger partial charge in [-0.1, -0.05) is 44.2 Å². The summed E-state index contributed by atoms with van der Waals surface area (Å²) in [6.07, 6.45) is 0.593. The number of carbonyl (C=O) groups excluding carboxylic acids is 6. The van der Waals surface area contributed by atoms with E-state index in [0.717, 1.165) is 16.5 Å². The van der Waals surface area contributed by atoms with Crippen LogP contribution in [0.25, 0.3) is 10.9 Å². The van der Waals surface area contributed by atoms with E-state index in [1.807, 2.05) is 24.3 Å². The number of carboxylic acids is 1. The largest absolute Gasteiger partial charge is 0.481 e. The summed E-state index contributed by atoms with van der Waals surface area (Å²) in [5.74, 6) is -7.15. The molecule has 0 radical (unpaired) electrons. The van der Waals surface area contributed by atoms with Gasteiger partial charge in [0.15, 0.2) is 5.78 Å². The second kappa shape index (κ2) is 16.7. The molecule has 4 atom stereocenters. The van der Waals surface area contributed by atoms with Crippen molar-refractivity contribution in [2.45, 2.75) is 58.2 Å². The van der Waals surface area contributed by atoms with Crippen LogP contribution in [0.4, 0.5) is 0 Å². The Kier molecular flexibility index (Phi) is 12.4. The SMILES string of the molecule is CC(=N)c1ccc(C(=O)NCC2NC(=O)C(C(C)C)N(C)C(=O)C(Cc3c[nH]c4ccccc34)CC(=O)C(CC(=O)O)NC(=O)CNC2=O)cc1. The lowest BCUT2D eigenvalue weighted by Gasteiger charge is -2.34. The Labute approximate surface area is 294 Å². The Morgan fingerprint density at radius 2 is 1.63 bits per heavy atom. The molecule has 270 valence electrons. The quantitative estimate of drug-likeness (QED) is 0.160. The first-order valence-electron chi connectivity index (χ1n) is 16.5. The van der Waals surface area contributed by atoms with E-state index in [-0.39, 0.29) is 12.0 Å². The maximum atomic E-state index is 14.3. The average molecular weight is 702 g/mol. The van der Waals surface area contributed by atoms with Crippen LogP contribution < -0.4 is 21.3 Å². The lowest BCUT2D eigenvalue weighted by atomic mass is 9.89. The first kappa shape index (κ1) is 38.0. The van der Waals surface area contributed by atoms with Crippen LogP contribution in [0.15, 0.2) is 54.7 Å². The van der Waals surface area contributed by atoms with Crippen LogP contribution in [-0.2, 0) is 35.2 Å². The number of H-pyrrole nitrogens is 1. The minimum atomic E-state index is -1.50. The van der Waals surface area contributed by atoms with E-state index in [9.17, 15) is 38.7 Å². The maximum Gasteiger partial charge on any atom is 0.305 e. The van der Waals surface area contributed by atoms with Crippen molar-refractivity contribution in [3.8, 4) is 0 Å². The molecular formula is C36H43N7O8. The summed E-state index contributed by atoms with van der Waals surface area (Å²) in [5.41, 5.74) is 2.70. The van der Waals surface area contributed by atoms with Crippen molar-refractivity contribution in [1.29, 1.82) is 5.41 Å². The molecule has 2 heterocycles. The fourth-order valence-corrected chi connectivity index (χ4v) is 6.14. The van der Waals surface area contributed by atoms with E-state index in [0.29, 0.717) is 11.3 Å². The third kappa shape index (κ3) is 9.65. The number of aliphatic carboxylic acids is 1. The van der Waals surface area contributed by atoms with Crippen LogP contribution in [0, 0.1) is 17.2 Å². The van der Waals surface area contributed by atoms with Gasteiger partial charge in [0.05, 0.1) is 19.0 Å². The van der Waals surface area contributed by atoms with Gasteiger partial charge in [-0.05, 0) is 48.6 Å². The average Bonchev–Trinajstić information content (AvgIpc) is 3.49. The number of amides is 5. The highest BCUT2D eigenvalue weighted by atomic mass is 16.4. The molecule has 1 fully saturated rings. The van der Waals surface area contributed by atoms with Crippen LogP contribution in [0.3, 0.4) is 0 Å². The van der Waals surface area contributed by atoms with Gasteiger partial charge in [-0.3, -0.25) is 33.6 Å². The molecule has 4 rings (SSSR count). The Balaban J connectivity index is 1.67. The molecule has 4 unspecified atom stereocenters. The molecule has 15 nitrogen and oxygen atoms in total. The molecule has 1 aliphatic heterocycles. The number of aromatic amines is 1. The number of likely N-dealkylation sites (N-methyl/N-ethyl adjacent to an activating group) is 1. The van der Waals surface area contributed by atoms with E-state index >= 15 is 0 Å². The fourth-order valence-electron chi connectivity index (χ4n) is 6.14. The Morgan fingerprint density at radius 1 is 0.961 bits per heavy atom. The molecule has 0 saturated carbocycles. The smallest absolute Gasteiger partial charge is 0.305 e. The number of hydrogen-bond acceptors (Lipinski definition) is 8. The molecule has 0 aliphatic carbocycles. The van der Waals surface area contributed by atoms with Crippen LogP contribution in [-0.4, -0.2) is 100 Å². The van der Waals surface area contributed by atoms with Gasteiger partial charge in [0.2, 0.25) is 23.6 Å². The zero-order valence-corrected chi connectivity index (χ0v) is 28.9. The highest BCUT2D eigenvalue weighted by molar-refractivity contribution is 6.00. The summed E-state index contributed by atoms with van der Waals surface area (Å²) in [6, 6.07) is 9.59. The van der Waals surface area contributed by atoms with Crippen molar-refractivity contribution < 1.29 is 38.7 Å². The Morgan fingerprint density at radius 3 is 2.27 bits per heavy atom. The van der Waals surface area contributed by atoms with Gasteiger partial charge in [-0.25, -0.2) is 0 Å². The van der Waals surface area contributed by atoms with Crippen molar-refractivity contribution in [3.63, 3.8) is 0 Å². The third-order valence-electron chi connectivity index (χ3n) is 8.81. The molecule has 15 heteroatoms. The minimum absolute atomic E-state index is 0.0637. The molecule has 51 heavy (non-hydrogen) atoms. The molecule has 1 saturated heterocycles. The highest BCUT2D eigenvalue weighted by Crippen LogP contribution is 2.25. The molecule has 0 bridgehead atoms. The number of nitrogens with one attached hydrogen (secondary N) is 6. The number of hydrogen-bond donors (Lipinski definition) is 7. The lowest BCUT2D eigenvalue weighted by Crippen LogP contribution is -2.59. The molecule has 1 aromatic heterocycles. The molecule has 0 spiro atoms. The zero-order chi connectivity index (χ0) is 37.4. The topological polar surface area (TPSA) is 231 Å². The summed E-state index contributed by atoms with van der Waals surface area (Å²) in [5, 5.41) is 28.1. The highest BCUT2D eigenvalue weighted by Gasteiger charge is 2.38. The molecule has 2 aromatic carbocycles. The first-order valence-corrected chi connectivity index (χ1v) is 16.5. The van der Waals surface area contributed by atoms with E-state index < -0.39 is 97.2 Å². The van der Waals surface area contributed by atoms with E-state index in [1.54, 1.807) is 39.1 Å². The van der Waals surface area contributed by atoms with Gasteiger partial charge in [0, 0.05) is 54.3 Å². The number of benzene rings is 2. The van der Waals surface area contributed by atoms with Gasteiger partial charge in [0.1, 0.15) is 12.1 Å². The summed E-state index contributed by atoms with van der Waals surface area (Å²) >= 11 is 0. The zero-order valence-electron chi connectivity index (χ0n) is 28.9. The van der Waals surface area contributed by atoms with Gasteiger partial charge in [-0.15, -0.1) is 0 Å². The van der Waals surface area contributed by atoms with Crippen molar-refractivity contribution in [1.82, 2.24) is 31.2 Å². The summed E-state index contributed by atoms with van der Waals surface area (Å²) in [4.78, 5) is 97.1. The van der Waals surface area contributed by atoms with E-state index in [2.05, 4.69) is 26.3 Å². The standard InChI is InChI=1S/C36H43N7O8/c1-19(2)32-35(50)42-28(17-39-33(48)22-11-9-21(10-12-22)20(3)37)34(49)40-18-30(45)41-27(15-31(46)47)29(44)14-23(36(51)43(32)4)13-24-16-38-26-8-6-5-7-25(24)26/h5-12,16,19,23,27-28,32,37-38H,13-15,17-18H2,1-4H3,(H,39,48)(H,40,49)(H,41,45)(H,42,50)(H,46,47). The number of Topliss-reactive ketones (excluding diaryl/α,β-unsaturated/α-hetero) is 1. The molecule has 3 aromatic rings. The number of rotatable bonds is 9. The number of aromatic nitrogens is 1. The predicted octanol–water partition coefficient (Wildman–Crippen LogP) is 1.16. The fraction of sp³-hybridized carbons (Fsp3) is 0.389. The monoisotopic (exact) mass is 701 g/mol. The summed E-state index contributed by atoms with van der Waals surface area (Å²) < 4.78 is 0. The molecular weight excluding hydrogens is 658 g/mol. The third-order valence-corrected chi connectivity index (χ3v) is 8.81. The first-order chi connectivity index (χ1) is 24.2. The van der Waals surface area contributed by atoms with Crippen molar-refractivity contribution in [2.75, 3.05) is 20.1 Å². The predicted molar refractivity (Wildman–Crippen MR) is 187 cm³/mol. The van der Waals surface area contributed by atoms with Gasteiger partial charge in [0.25, 0.3) is 5.91 Å². The van der Waals surface area contributed by atoms with Crippen LogP contribution in [0.2, 0.25) is 0 Å². The lowest BCUT2D eigenvalue weighted by molar-refractivity contribution is -0.145. The Hall–Kier alpha value is -5.86. The van der Waals surface area contributed by atoms with Gasteiger partial charge >= 0.3 is 5.97 Å². The normalized spacial score (nSPS) is 21.0. The van der Waals surface area contributed by atoms with Gasteiger partial charge < -0.3 is 41.7 Å². The number of ketones is 1. The van der Waals surface area contributed by atoms with Crippen molar-refractivity contribution >= 4 is 57.9 Å². The van der Waals surface area contributed by atoms with Crippen molar-refractivity contribution in [2.24, 2.45) is 11.8 Å². The number of carbonyl (C=O) groups is 7. The van der Waals surface area contributed by atoms with Crippen molar-refractivity contribution in [3.05, 3.63) is 71.4 Å². The Bertz CT molecular complexity index is 1830. The van der Waals surface area contributed by atoms with Crippen LogP contribution >= 0.6 is 0 Å². The summed E-state index contributed by atoms with van der Waals surface area (Å²) in [7, 11) is 1.42. The van der Waals surface area contributed by atoms with Gasteiger partial charge in [-0.2, -0.15) is 0 Å². The molecule has 7 N–H and O–H groups in total. The number of carboxylic acid groups (broad SMARTS) is 1. The number of para-hydroxylation sites is 1.